The van der Waals surface area contributed by atoms with Crippen LogP contribution in [0.3, 0.4) is 0 Å². The summed E-state index contributed by atoms with van der Waals surface area (Å²) in [5, 5.41) is 5.36. The molecule has 1 rings (SSSR count). The van der Waals surface area contributed by atoms with Gasteiger partial charge >= 0.3 is 0 Å². The third-order valence-corrected chi connectivity index (χ3v) is 3.05. The molecule has 19 heavy (non-hydrogen) atoms. The van der Waals surface area contributed by atoms with Gasteiger partial charge in [-0.25, -0.2) is 0 Å². The number of hydrogen-bond donors (Lipinski definition) is 2. The Labute approximate surface area is 120 Å². The van der Waals surface area contributed by atoms with Crippen molar-refractivity contribution < 1.29 is 14.3 Å². The van der Waals surface area contributed by atoms with Gasteiger partial charge in [0.2, 0.25) is 5.91 Å². The first-order valence-electron chi connectivity index (χ1n) is 5.97. The lowest BCUT2D eigenvalue weighted by Gasteiger charge is -2.07. The Morgan fingerprint density at radius 3 is 2.63 bits per heavy atom. The van der Waals surface area contributed by atoms with Crippen molar-refractivity contribution in [2.45, 2.75) is 13.3 Å². The molecular formula is C13H17BrN2O3. The van der Waals surface area contributed by atoms with E-state index in [0.29, 0.717) is 28.9 Å². The first-order valence-corrected chi connectivity index (χ1v) is 6.76. The number of benzene rings is 1. The lowest BCUT2D eigenvalue weighted by molar-refractivity contribution is -0.120. The van der Waals surface area contributed by atoms with Crippen LogP contribution in [0.2, 0.25) is 0 Å². The molecule has 1 aromatic rings. The van der Waals surface area contributed by atoms with E-state index in [-0.39, 0.29) is 18.2 Å². The molecule has 0 fully saturated rings. The zero-order valence-corrected chi connectivity index (χ0v) is 12.5. The van der Waals surface area contributed by atoms with Crippen LogP contribution in [0.5, 0.6) is 5.75 Å². The molecule has 6 heteroatoms. The van der Waals surface area contributed by atoms with Gasteiger partial charge in [0.05, 0.1) is 11.6 Å². The highest BCUT2D eigenvalue weighted by Crippen LogP contribution is 2.25. The summed E-state index contributed by atoms with van der Waals surface area (Å²) in [5.74, 6) is 0.380. The second kappa shape index (κ2) is 7.78. The van der Waals surface area contributed by atoms with E-state index in [1.54, 1.807) is 25.3 Å². The molecule has 2 N–H and O–H groups in total. The summed E-state index contributed by atoms with van der Waals surface area (Å²) in [5.41, 5.74) is 0.517. The van der Waals surface area contributed by atoms with Gasteiger partial charge in [-0.05, 0) is 41.1 Å². The van der Waals surface area contributed by atoms with E-state index in [1.807, 2.05) is 6.92 Å². The van der Waals surface area contributed by atoms with Crippen molar-refractivity contribution in [3.63, 3.8) is 0 Å². The molecule has 5 nitrogen and oxygen atoms in total. The van der Waals surface area contributed by atoms with E-state index >= 15 is 0 Å². The van der Waals surface area contributed by atoms with Crippen molar-refractivity contribution in [2.24, 2.45) is 0 Å². The summed E-state index contributed by atoms with van der Waals surface area (Å²) in [6.07, 6.45) is 0.275. The summed E-state index contributed by atoms with van der Waals surface area (Å²) in [6.45, 7) is 2.76. The lowest BCUT2D eigenvalue weighted by atomic mass is 10.2. The van der Waals surface area contributed by atoms with Crippen molar-refractivity contribution in [1.29, 1.82) is 0 Å². The van der Waals surface area contributed by atoms with Gasteiger partial charge in [-0.2, -0.15) is 0 Å². The molecule has 0 spiro atoms. The van der Waals surface area contributed by atoms with Gasteiger partial charge in [0.25, 0.3) is 5.91 Å². The quantitative estimate of drug-likeness (QED) is 0.835. The maximum absolute atomic E-state index is 11.8. The summed E-state index contributed by atoms with van der Waals surface area (Å²) >= 11 is 3.32. The number of amides is 2. The number of carbonyl (C=O) groups is 2. The van der Waals surface area contributed by atoms with E-state index in [0.717, 1.165) is 0 Å². The molecule has 2 amide bonds. The van der Waals surface area contributed by atoms with Crippen molar-refractivity contribution in [3.8, 4) is 5.75 Å². The van der Waals surface area contributed by atoms with Gasteiger partial charge in [0.15, 0.2) is 0 Å². The number of carbonyl (C=O) groups excluding carboxylic acids is 2. The average Bonchev–Trinajstić information content (AvgIpc) is 2.38. The Kier molecular flexibility index (Phi) is 6.35. The Hall–Kier alpha value is -1.56. The Morgan fingerprint density at radius 1 is 1.32 bits per heavy atom. The molecule has 0 heterocycles. The molecule has 0 aromatic heterocycles. The molecule has 0 aliphatic rings. The molecule has 0 unspecified atom stereocenters. The number of hydrogen-bond acceptors (Lipinski definition) is 3. The molecule has 0 radical (unpaired) electrons. The Morgan fingerprint density at radius 2 is 2.05 bits per heavy atom. The van der Waals surface area contributed by atoms with Gasteiger partial charge in [0.1, 0.15) is 5.75 Å². The van der Waals surface area contributed by atoms with Crippen molar-refractivity contribution in [2.75, 3.05) is 20.2 Å². The molecule has 104 valence electrons. The molecule has 0 atom stereocenters. The Bertz CT molecular complexity index is 463. The number of nitrogens with one attached hydrogen (secondary N) is 2. The minimum atomic E-state index is -0.215. The van der Waals surface area contributed by atoms with E-state index in [2.05, 4.69) is 26.6 Å². The highest BCUT2D eigenvalue weighted by atomic mass is 79.9. The van der Waals surface area contributed by atoms with Gasteiger partial charge < -0.3 is 15.4 Å². The predicted octanol–water partition coefficient (Wildman–Crippen LogP) is 1.71. The topological polar surface area (TPSA) is 67.4 Å². The van der Waals surface area contributed by atoms with Gasteiger partial charge in [0, 0.05) is 25.1 Å². The highest BCUT2D eigenvalue weighted by Gasteiger charge is 2.09. The first-order chi connectivity index (χ1) is 9.08. The normalized spacial score (nSPS) is 9.84. The minimum Gasteiger partial charge on any atom is -0.496 e. The highest BCUT2D eigenvalue weighted by molar-refractivity contribution is 9.10. The predicted molar refractivity (Wildman–Crippen MR) is 76.3 cm³/mol. The van der Waals surface area contributed by atoms with Crippen LogP contribution in [-0.4, -0.2) is 32.0 Å². The molecule has 0 aliphatic heterocycles. The fourth-order valence-corrected chi connectivity index (χ4v) is 2.03. The molecule has 0 saturated heterocycles. The third kappa shape index (κ3) is 4.90. The van der Waals surface area contributed by atoms with Crippen LogP contribution < -0.4 is 15.4 Å². The number of ether oxygens (including phenoxy) is 1. The van der Waals surface area contributed by atoms with Crippen molar-refractivity contribution in [1.82, 2.24) is 10.6 Å². The smallest absolute Gasteiger partial charge is 0.251 e. The molecule has 1 aromatic carbocycles. The van der Waals surface area contributed by atoms with Crippen molar-refractivity contribution in [3.05, 3.63) is 28.2 Å². The van der Waals surface area contributed by atoms with E-state index in [4.69, 9.17) is 4.74 Å². The summed E-state index contributed by atoms with van der Waals surface area (Å²) in [6, 6.07) is 5.06. The fraction of sp³-hybridized carbons (Fsp3) is 0.385. The fourth-order valence-electron chi connectivity index (χ4n) is 1.48. The van der Waals surface area contributed by atoms with Crippen molar-refractivity contribution >= 4 is 27.7 Å². The largest absolute Gasteiger partial charge is 0.496 e. The van der Waals surface area contributed by atoms with E-state index < -0.39 is 0 Å². The second-order valence-electron chi connectivity index (χ2n) is 3.81. The molecule has 0 aliphatic carbocycles. The van der Waals surface area contributed by atoms with Gasteiger partial charge in [-0.3, -0.25) is 9.59 Å². The number of methoxy groups -OCH3 is 1. The van der Waals surface area contributed by atoms with E-state index in [9.17, 15) is 9.59 Å². The summed E-state index contributed by atoms with van der Waals surface area (Å²) in [4.78, 5) is 23.0. The first kappa shape index (κ1) is 15.5. The maximum Gasteiger partial charge on any atom is 0.251 e. The number of rotatable bonds is 6. The third-order valence-electron chi connectivity index (χ3n) is 2.43. The molecular weight excluding hydrogens is 312 g/mol. The Balaban J connectivity index is 2.50. The molecule has 0 saturated carbocycles. The van der Waals surface area contributed by atoms with Crippen LogP contribution in [-0.2, 0) is 4.79 Å². The molecule has 0 bridgehead atoms. The average molecular weight is 329 g/mol. The standard InChI is InChI=1S/C13H17BrN2O3/c1-3-15-12(17)6-7-16-13(18)9-4-5-11(19-2)10(14)8-9/h4-5,8H,3,6-7H2,1-2H3,(H,15,17)(H,16,18). The zero-order valence-electron chi connectivity index (χ0n) is 11.0. The van der Waals surface area contributed by atoms with Gasteiger partial charge in [-0.1, -0.05) is 0 Å². The van der Waals surface area contributed by atoms with Gasteiger partial charge in [-0.15, -0.1) is 0 Å². The summed E-state index contributed by atoms with van der Waals surface area (Å²) in [7, 11) is 1.56. The van der Waals surface area contributed by atoms with Crippen LogP contribution in [0.1, 0.15) is 23.7 Å². The van der Waals surface area contributed by atoms with Crippen LogP contribution in [0.25, 0.3) is 0 Å². The van der Waals surface area contributed by atoms with Crippen LogP contribution in [0.4, 0.5) is 0 Å². The van der Waals surface area contributed by atoms with Crippen LogP contribution >= 0.6 is 15.9 Å². The number of halogens is 1. The zero-order chi connectivity index (χ0) is 14.3. The lowest BCUT2D eigenvalue weighted by Crippen LogP contribution is -2.30. The second-order valence-corrected chi connectivity index (χ2v) is 4.66. The van der Waals surface area contributed by atoms with Crippen LogP contribution in [0, 0.1) is 0 Å². The summed E-state index contributed by atoms with van der Waals surface area (Å²) < 4.78 is 5.80. The monoisotopic (exact) mass is 328 g/mol. The minimum absolute atomic E-state index is 0.0706. The SMILES string of the molecule is CCNC(=O)CCNC(=O)c1ccc(OC)c(Br)c1. The van der Waals surface area contributed by atoms with E-state index in [1.165, 1.54) is 0 Å². The van der Waals surface area contributed by atoms with Crippen LogP contribution in [0.15, 0.2) is 22.7 Å². The maximum atomic E-state index is 11.8.